The van der Waals surface area contributed by atoms with Crippen LogP contribution in [-0.2, 0) is 9.47 Å². The van der Waals surface area contributed by atoms with Crippen molar-refractivity contribution in [2.75, 3.05) is 19.8 Å². The number of carbonyl (C=O) groups is 1. The maximum absolute atomic E-state index is 12.0. The van der Waals surface area contributed by atoms with Gasteiger partial charge >= 0.3 is 6.09 Å². The molecule has 1 aromatic carbocycles. The minimum atomic E-state index is -0.588. The Bertz CT molecular complexity index is 666. The highest BCUT2D eigenvalue weighted by atomic mass is 16.6. The Morgan fingerprint density at radius 3 is 2.00 bits per heavy atom. The Hall–Kier alpha value is -2.39. The molecule has 1 amide bonds. The minimum Gasteiger partial charge on any atom is -0.491 e. The van der Waals surface area contributed by atoms with E-state index in [1.54, 1.807) is 12.1 Å². The van der Waals surface area contributed by atoms with Crippen LogP contribution >= 0.6 is 0 Å². The number of alkyl carbamates (subject to hydrolysis) is 1. The molecule has 6 nitrogen and oxygen atoms in total. The average molecular weight is 392 g/mol. The van der Waals surface area contributed by atoms with Crippen LogP contribution in [0.5, 0.6) is 11.5 Å². The number of carbonyl (C=O) groups excluding carboxylic acids is 1. The first-order valence-electron chi connectivity index (χ1n) is 9.26. The summed E-state index contributed by atoms with van der Waals surface area (Å²) in [6, 6.07) is 7.23. The van der Waals surface area contributed by atoms with Gasteiger partial charge in [0.15, 0.2) is 0 Å². The molecule has 0 bridgehead atoms. The molecule has 1 aromatic rings. The second-order valence-electron chi connectivity index (χ2n) is 8.81. The van der Waals surface area contributed by atoms with Crippen molar-refractivity contribution in [2.45, 2.75) is 65.2 Å². The monoisotopic (exact) mass is 391 g/mol. The molecule has 0 atom stereocenters. The summed E-state index contributed by atoms with van der Waals surface area (Å²) in [5, 5.41) is 2.83. The molecule has 0 saturated heterocycles. The van der Waals surface area contributed by atoms with E-state index in [2.05, 4.69) is 11.2 Å². The normalized spacial score (nSPS) is 12.1. The summed E-state index contributed by atoms with van der Waals surface area (Å²) < 4.78 is 22.4. The summed E-state index contributed by atoms with van der Waals surface area (Å²) in [7, 11) is 0. The fourth-order valence-corrected chi connectivity index (χ4v) is 2.05. The van der Waals surface area contributed by atoms with E-state index < -0.39 is 22.8 Å². The van der Waals surface area contributed by atoms with Crippen molar-refractivity contribution in [3.8, 4) is 23.8 Å². The van der Waals surface area contributed by atoms with Crippen LogP contribution in [0.15, 0.2) is 24.3 Å². The van der Waals surface area contributed by atoms with Crippen LogP contribution in [0.3, 0.4) is 0 Å². The molecule has 0 aliphatic rings. The van der Waals surface area contributed by atoms with Gasteiger partial charge in [0.25, 0.3) is 0 Å². The number of amides is 1. The van der Waals surface area contributed by atoms with Gasteiger partial charge in [-0.3, -0.25) is 0 Å². The van der Waals surface area contributed by atoms with Gasteiger partial charge in [0, 0.05) is 0 Å². The molecule has 0 aliphatic heterocycles. The third kappa shape index (κ3) is 10.1. The number of hydrogen-bond donors (Lipinski definition) is 1. The van der Waals surface area contributed by atoms with Gasteiger partial charge in [-0.15, -0.1) is 6.42 Å². The van der Waals surface area contributed by atoms with Crippen LogP contribution in [-0.4, -0.2) is 42.7 Å². The predicted molar refractivity (Wildman–Crippen MR) is 110 cm³/mol. The first-order chi connectivity index (χ1) is 12.8. The molecule has 0 radical (unpaired) electrons. The molecule has 0 fully saturated rings. The molecule has 0 aromatic heterocycles. The highest BCUT2D eigenvalue weighted by Gasteiger charge is 2.28. The number of ether oxygens (including phenoxy) is 4. The maximum Gasteiger partial charge on any atom is 0.408 e. The van der Waals surface area contributed by atoms with Crippen LogP contribution in [0.4, 0.5) is 4.79 Å². The number of hydrogen-bond acceptors (Lipinski definition) is 5. The van der Waals surface area contributed by atoms with Gasteiger partial charge < -0.3 is 24.3 Å². The summed E-state index contributed by atoms with van der Waals surface area (Å²) in [4.78, 5) is 12.0. The number of nitrogens with one attached hydrogen (secondary N) is 1. The predicted octanol–water partition coefficient (Wildman–Crippen LogP) is 4.18. The molecule has 6 heteroatoms. The lowest BCUT2D eigenvalue weighted by Gasteiger charge is -2.33. The topological polar surface area (TPSA) is 66.0 Å². The van der Waals surface area contributed by atoms with Gasteiger partial charge in [-0.05, 0) is 72.7 Å². The van der Waals surface area contributed by atoms with Crippen molar-refractivity contribution in [3.63, 3.8) is 0 Å². The van der Waals surface area contributed by atoms with E-state index in [9.17, 15) is 4.79 Å². The second-order valence-corrected chi connectivity index (χ2v) is 8.81. The Morgan fingerprint density at radius 1 is 0.964 bits per heavy atom. The van der Waals surface area contributed by atoms with Crippen LogP contribution in [0.1, 0.15) is 48.5 Å². The van der Waals surface area contributed by atoms with E-state index in [0.29, 0.717) is 24.7 Å². The molecule has 0 aliphatic carbocycles. The number of rotatable bonds is 9. The Kier molecular flexibility index (Phi) is 8.19. The van der Waals surface area contributed by atoms with Gasteiger partial charge in [0.1, 0.15) is 30.3 Å². The van der Waals surface area contributed by atoms with Crippen LogP contribution in [0.25, 0.3) is 0 Å². The standard InChI is InChI=1S/C22H33NO5/c1-9-14-25-17-10-12-18(13-11-17)26-16-22(7,8)27-15-21(5,6)23-19(24)28-20(2,3)4/h1,10-13H,14-16H2,2-8H3,(H,23,24). The Labute approximate surface area is 168 Å². The molecule has 0 saturated carbocycles. The van der Waals surface area contributed by atoms with Crippen LogP contribution < -0.4 is 14.8 Å². The van der Waals surface area contributed by atoms with E-state index in [4.69, 9.17) is 25.4 Å². The summed E-state index contributed by atoms with van der Waals surface area (Å²) >= 11 is 0. The largest absolute Gasteiger partial charge is 0.491 e. The number of benzene rings is 1. The lowest BCUT2D eigenvalue weighted by atomic mass is 10.1. The third-order valence-electron chi connectivity index (χ3n) is 3.40. The van der Waals surface area contributed by atoms with Crippen molar-refractivity contribution >= 4 is 6.09 Å². The maximum atomic E-state index is 12.0. The second kappa shape index (κ2) is 9.70. The van der Waals surface area contributed by atoms with E-state index in [1.807, 2.05) is 60.6 Å². The fourth-order valence-electron chi connectivity index (χ4n) is 2.05. The van der Waals surface area contributed by atoms with E-state index in [0.717, 1.165) is 0 Å². The summed E-state index contributed by atoms with van der Waals surface area (Å²) in [5.74, 6) is 3.82. The van der Waals surface area contributed by atoms with Gasteiger partial charge in [-0.2, -0.15) is 0 Å². The molecule has 1 N–H and O–H groups in total. The molecule has 0 heterocycles. The lowest BCUT2D eigenvalue weighted by Crippen LogP contribution is -2.50. The molecule has 28 heavy (non-hydrogen) atoms. The number of terminal acetylenes is 1. The summed E-state index contributed by atoms with van der Waals surface area (Å²) in [6.45, 7) is 14.0. The van der Waals surface area contributed by atoms with E-state index in [1.165, 1.54) is 0 Å². The SMILES string of the molecule is C#CCOc1ccc(OCC(C)(C)OCC(C)(C)NC(=O)OC(C)(C)C)cc1. The fraction of sp³-hybridized carbons (Fsp3) is 0.591. The molecule has 1 rings (SSSR count). The van der Waals surface area contributed by atoms with Gasteiger partial charge in [-0.25, -0.2) is 4.79 Å². The van der Waals surface area contributed by atoms with Crippen molar-refractivity contribution in [1.29, 1.82) is 0 Å². The van der Waals surface area contributed by atoms with Gasteiger partial charge in [-0.1, -0.05) is 5.92 Å². The molecule has 0 spiro atoms. The quantitative estimate of drug-likeness (QED) is 0.640. The highest BCUT2D eigenvalue weighted by molar-refractivity contribution is 5.68. The highest BCUT2D eigenvalue weighted by Crippen LogP contribution is 2.20. The Morgan fingerprint density at radius 2 is 1.50 bits per heavy atom. The van der Waals surface area contributed by atoms with Gasteiger partial charge in [0.2, 0.25) is 0 Å². The van der Waals surface area contributed by atoms with Crippen molar-refractivity contribution < 1.29 is 23.7 Å². The molecule has 156 valence electrons. The minimum absolute atomic E-state index is 0.230. The van der Waals surface area contributed by atoms with Crippen LogP contribution in [0, 0.1) is 12.3 Å². The molecular weight excluding hydrogens is 358 g/mol. The summed E-state index contributed by atoms with van der Waals surface area (Å²) in [6.07, 6.45) is 4.70. The zero-order valence-electron chi connectivity index (χ0n) is 18.0. The average Bonchev–Trinajstić information content (AvgIpc) is 2.55. The Balaban J connectivity index is 2.48. The zero-order chi connectivity index (χ0) is 21.4. The van der Waals surface area contributed by atoms with E-state index in [-0.39, 0.29) is 6.61 Å². The van der Waals surface area contributed by atoms with Crippen LogP contribution in [0.2, 0.25) is 0 Å². The third-order valence-corrected chi connectivity index (χ3v) is 3.40. The van der Waals surface area contributed by atoms with E-state index >= 15 is 0 Å². The van der Waals surface area contributed by atoms with Crippen molar-refractivity contribution in [1.82, 2.24) is 5.32 Å². The first-order valence-corrected chi connectivity index (χ1v) is 9.26. The van der Waals surface area contributed by atoms with Gasteiger partial charge in [0.05, 0.1) is 17.7 Å². The smallest absolute Gasteiger partial charge is 0.408 e. The first kappa shape index (κ1) is 23.6. The zero-order valence-corrected chi connectivity index (χ0v) is 18.0. The summed E-state index contributed by atoms with van der Waals surface area (Å²) in [5.41, 5.74) is -1.68. The lowest BCUT2D eigenvalue weighted by molar-refractivity contribution is -0.0671. The van der Waals surface area contributed by atoms with Crippen molar-refractivity contribution in [2.24, 2.45) is 0 Å². The molecular formula is C22H33NO5. The van der Waals surface area contributed by atoms with Crippen molar-refractivity contribution in [3.05, 3.63) is 24.3 Å². The molecule has 0 unspecified atom stereocenters.